The molecular weight excluding hydrogens is 272 g/mol. The van der Waals surface area contributed by atoms with E-state index >= 15 is 0 Å². The van der Waals surface area contributed by atoms with Gasteiger partial charge in [-0.25, -0.2) is 0 Å². The lowest BCUT2D eigenvalue weighted by Crippen LogP contribution is -2.53. The SMILES string of the molecule is CCCC(=O)N1CC(NCC2CCCCC2)CC(C(C)C)C1. The molecule has 3 nitrogen and oxygen atoms in total. The van der Waals surface area contributed by atoms with Crippen LogP contribution >= 0.6 is 0 Å². The maximum Gasteiger partial charge on any atom is 0.222 e. The molecule has 0 aromatic heterocycles. The van der Waals surface area contributed by atoms with Crippen LogP contribution in [0.15, 0.2) is 0 Å². The number of hydrogen-bond donors (Lipinski definition) is 1. The van der Waals surface area contributed by atoms with Gasteiger partial charge in [-0.2, -0.15) is 0 Å². The molecule has 22 heavy (non-hydrogen) atoms. The minimum atomic E-state index is 0.359. The molecule has 1 aliphatic heterocycles. The van der Waals surface area contributed by atoms with Crippen molar-refractivity contribution in [3.8, 4) is 0 Å². The van der Waals surface area contributed by atoms with E-state index in [0.29, 0.717) is 30.2 Å². The van der Waals surface area contributed by atoms with Crippen molar-refractivity contribution < 1.29 is 4.79 Å². The lowest BCUT2D eigenvalue weighted by Gasteiger charge is -2.40. The largest absolute Gasteiger partial charge is 0.341 e. The van der Waals surface area contributed by atoms with E-state index in [4.69, 9.17) is 0 Å². The van der Waals surface area contributed by atoms with Gasteiger partial charge >= 0.3 is 0 Å². The Morgan fingerprint density at radius 3 is 2.55 bits per heavy atom. The maximum absolute atomic E-state index is 12.3. The molecule has 128 valence electrons. The van der Waals surface area contributed by atoms with Gasteiger partial charge in [0.2, 0.25) is 5.91 Å². The fraction of sp³-hybridized carbons (Fsp3) is 0.947. The second-order valence-electron chi connectivity index (χ2n) is 7.90. The molecule has 1 amide bonds. The van der Waals surface area contributed by atoms with Gasteiger partial charge in [0.15, 0.2) is 0 Å². The second kappa shape index (κ2) is 8.90. The van der Waals surface area contributed by atoms with Crippen LogP contribution in [0.1, 0.15) is 72.1 Å². The van der Waals surface area contributed by atoms with Gasteiger partial charge in [-0.3, -0.25) is 4.79 Å². The van der Waals surface area contributed by atoms with Gasteiger partial charge in [-0.15, -0.1) is 0 Å². The average Bonchev–Trinajstić information content (AvgIpc) is 2.54. The highest BCUT2D eigenvalue weighted by Gasteiger charge is 2.31. The summed E-state index contributed by atoms with van der Waals surface area (Å²) >= 11 is 0. The van der Waals surface area contributed by atoms with Gasteiger partial charge in [0, 0.05) is 25.6 Å². The Morgan fingerprint density at radius 1 is 1.18 bits per heavy atom. The van der Waals surface area contributed by atoms with Crippen LogP contribution in [0, 0.1) is 17.8 Å². The van der Waals surface area contributed by atoms with E-state index in [-0.39, 0.29) is 0 Å². The maximum atomic E-state index is 12.3. The van der Waals surface area contributed by atoms with Crippen molar-refractivity contribution in [3.05, 3.63) is 0 Å². The number of hydrogen-bond acceptors (Lipinski definition) is 2. The minimum absolute atomic E-state index is 0.359. The van der Waals surface area contributed by atoms with Crippen LogP contribution in [0.4, 0.5) is 0 Å². The normalized spacial score (nSPS) is 27.4. The predicted molar refractivity (Wildman–Crippen MR) is 92.8 cm³/mol. The molecule has 0 aromatic carbocycles. The number of amides is 1. The quantitative estimate of drug-likeness (QED) is 0.809. The first-order valence-electron chi connectivity index (χ1n) is 9.61. The van der Waals surface area contributed by atoms with Crippen LogP contribution in [-0.4, -0.2) is 36.5 Å². The van der Waals surface area contributed by atoms with Crippen molar-refractivity contribution in [3.63, 3.8) is 0 Å². The minimum Gasteiger partial charge on any atom is -0.341 e. The van der Waals surface area contributed by atoms with E-state index in [1.54, 1.807) is 0 Å². The van der Waals surface area contributed by atoms with E-state index in [0.717, 1.165) is 32.0 Å². The Bertz CT molecular complexity index is 336. The van der Waals surface area contributed by atoms with Crippen molar-refractivity contribution in [2.45, 2.75) is 78.2 Å². The third kappa shape index (κ3) is 5.26. The number of carbonyl (C=O) groups excluding carboxylic acids is 1. The molecule has 0 aromatic rings. The zero-order valence-electron chi connectivity index (χ0n) is 14.9. The summed E-state index contributed by atoms with van der Waals surface area (Å²) in [6.45, 7) is 9.76. The Morgan fingerprint density at radius 2 is 1.91 bits per heavy atom. The first-order valence-corrected chi connectivity index (χ1v) is 9.61. The van der Waals surface area contributed by atoms with Crippen molar-refractivity contribution in [2.75, 3.05) is 19.6 Å². The summed E-state index contributed by atoms with van der Waals surface area (Å²) in [4.78, 5) is 14.5. The highest BCUT2D eigenvalue weighted by atomic mass is 16.2. The van der Waals surface area contributed by atoms with Crippen LogP contribution in [0.3, 0.4) is 0 Å². The van der Waals surface area contributed by atoms with Crippen LogP contribution in [-0.2, 0) is 4.79 Å². The van der Waals surface area contributed by atoms with E-state index in [9.17, 15) is 4.79 Å². The average molecular weight is 309 g/mol. The first kappa shape index (κ1) is 17.8. The van der Waals surface area contributed by atoms with Gasteiger partial charge in [0.05, 0.1) is 0 Å². The zero-order valence-corrected chi connectivity index (χ0v) is 14.9. The monoisotopic (exact) mass is 308 g/mol. The molecule has 2 aliphatic rings. The summed E-state index contributed by atoms with van der Waals surface area (Å²) in [5, 5.41) is 3.81. The Kier molecular flexibility index (Phi) is 7.20. The Hall–Kier alpha value is -0.570. The predicted octanol–water partition coefficient (Wildman–Crippen LogP) is 3.83. The van der Waals surface area contributed by atoms with Crippen LogP contribution in [0.2, 0.25) is 0 Å². The second-order valence-corrected chi connectivity index (χ2v) is 7.90. The molecule has 0 spiro atoms. The number of nitrogens with zero attached hydrogens (tertiary/aromatic N) is 1. The van der Waals surface area contributed by atoms with Crippen LogP contribution in [0.25, 0.3) is 0 Å². The molecule has 0 bridgehead atoms. The molecule has 3 heteroatoms. The molecule has 2 unspecified atom stereocenters. The Labute approximate surface area is 137 Å². The lowest BCUT2D eigenvalue weighted by atomic mass is 9.84. The molecule has 0 radical (unpaired) electrons. The molecule has 2 fully saturated rings. The number of likely N-dealkylation sites (tertiary alicyclic amines) is 1. The summed E-state index contributed by atoms with van der Waals surface area (Å²) in [7, 11) is 0. The van der Waals surface area contributed by atoms with E-state index in [1.807, 2.05) is 0 Å². The first-order chi connectivity index (χ1) is 10.6. The van der Waals surface area contributed by atoms with Crippen molar-refractivity contribution >= 4 is 5.91 Å². The highest BCUT2D eigenvalue weighted by Crippen LogP contribution is 2.26. The van der Waals surface area contributed by atoms with Gasteiger partial charge in [0.25, 0.3) is 0 Å². The number of carbonyl (C=O) groups is 1. The fourth-order valence-electron chi connectivity index (χ4n) is 4.07. The van der Waals surface area contributed by atoms with Gasteiger partial charge in [0.1, 0.15) is 0 Å². The molecule has 2 rings (SSSR count). The number of nitrogens with one attached hydrogen (secondary N) is 1. The molecule has 2 atom stereocenters. The van der Waals surface area contributed by atoms with Crippen LogP contribution < -0.4 is 5.32 Å². The topological polar surface area (TPSA) is 32.3 Å². The van der Waals surface area contributed by atoms with E-state index in [2.05, 4.69) is 31.0 Å². The molecule has 1 N–H and O–H groups in total. The molecule has 1 saturated heterocycles. The Balaban J connectivity index is 1.86. The lowest BCUT2D eigenvalue weighted by molar-refractivity contribution is -0.134. The highest BCUT2D eigenvalue weighted by molar-refractivity contribution is 5.76. The van der Waals surface area contributed by atoms with E-state index in [1.165, 1.54) is 38.5 Å². The van der Waals surface area contributed by atoms with Crippen molar-refractivity contribution in [2.24, 2.45) is 17.8 Å². The number of rotatable bonds is 6. The summed E-state index contributed by atoms with van der Waals surface area (Å²) < 4.78 is 0. The molecular formula is C19H36N2O. The van der Waals surface area contributed by atoms with Crippen molar-refractivity contribution in [1.29, 1.82) is 0 Å². The molecule has 1 heterocycles. The van der Waals surface area contributed by atoms with Gasteiger partial charge < -0.3 is 10.2 Å². The van der Waals surface area contributed by atoms with Gasteiger partial charge in [-0.1, -0.05) is 40.0 Å². The summed E-state index contributed by atoms with van der Waals surface area (Å²) in [5.41, 5.74) is 0. The summed E-state index contributed by atoms with van der Waals surface area (Å²) in [6.07, 6.45) is 9.94. The fourth-order valence-corrected chi connectivity index (χ4v) is 4.07. The van der Waals surface area contributed by atoms with Crippen molar-refractivity contribution in [1.82, 2.24) is 10.2 Å². The number of piperidine rings is 1. The molecule has 1 aliphatic carbocycles. The summed E-state index contributed by atoms with van der Waals surface area (Å²) in [6, 6.07) is 0.504. The standard InChI is InChI=1S/C19H36N2O/c1-4-8-19(22)21-13-17(15(2)3)11-18(14-21)20-12-16-9-6-5-7-10-16/h15-18,20H,4-14H2,1-3H3. The zero-order chi connectivity index (χ0) is 15.9. The summed E-state index contributed by atoms with van der Waals surface area (Å²) in [5.74, 6) is 2.54. The van der Waals surface area contributed by atoms with Crippen LogP contribution in [0.5, 0.6) is 0 Å². The molecule has 1 saturated carbocycles. The third-order valence-electron chi connectivity index (χ3n) is 5.66. The van der Waals surface area contributed by atoms with E-state index < -0.39 is 0 Å². The smallest absolute Gasteiger partial charge is 0.222 e. The van der Waals surface area contributed by atoms with Gasteiger partial charge in [-0.05, 0) is 50.0 Å². The third-order valence-corrected chi connectivity index (χ3v) is 5.66.